The fourth-order valence-electron chi connectivity index (χ4n) is 0. The number of hydrogen-bond donors (Lipinski definition) is 0. The predicted octanol–water partition coefficient (Wildman–Crippen LogP) is 0.934. The average Bonchev–Trinajstić information content (AvgIpc) is 0.811. The molecule has 0 aliphatic heterocycles. The summed E-state index contributed by atoms with van der Waals surface area (Å²) < 4.78 is 0. The zero-order valence-corrected chi connectivity index (χ0v) is 3.21. The van der Waals surface area contributed by atoms with Crippen LogP contribution in [0.5, 0.6) is 0 Å². The molecule has 0 saturated carbocycles. The summed E-state index contributed by atoms with van der Waals surface area (Å²) in [4.78, 5) is 0. The zero-order chi connectivity index (χ0) is 3.58. The maximum atomic E-state index is 3.56. The van der Waals surface area contributed by atoms with Gasteiger partial charge >= 0.3 is 51.4 Å². The Morgan fingerprint density at radius 2 is 1.40 bits per heavy atom. The molecule has 0 heterocycles. The summed E-state index contributed by atoms with van der Waals surface area (Å²) in [5.41, 5.74) is 1.17. The van der Waals surface area contributed by atoms with Gasteiger partial charge in [0, 0.05) is 0 Å². The molecule has 0 aromatic heterocycles. The van der Waals surface area contributed by atoms with Crippen molar-refractivity contribution in [1.29, 1.82) is 0 Å². The van der Waals surface area contributed by atoms with E-state index < -0.39 is 0 Å². The quantitative estimate of drug-likeness (QED) is 0.311. The first kappa shape index (κ1) is 9.62. The Bertz CT molecular complexity index is 26.6. The summed E-state index contributed by atoms with van der Waals surface area (Å²) in [6.07, 6.45) is 0. The van der Waals surface area contributed by atoms with Gasteiger partial charge in [-0.1, -0.05) is 5.57 Å². The SMILES string of the molecule is C=C(C)C.[KH]. The molecular weight excluding hydrogens is 87.1 g/mol. The standard InChI is InChI=1S/C4H8.K.H/c1-4(2)3;;/h1H2,2-3H3;;. The molecule has 0 aromatic rings. The van der Waals surface area contributed by atoms with Crippen molar-refractivity contribution in [3.63, 3.8) is 0 Å². The molecule has 0 N–H and O–H groups in total. The van der Waals surface area contributed by atoms with Gasteiger partial charge in [0.05, 0.1) is 0 Å². The van der Waals surface area contributed by atoms with E-state index in [4.69, 9.17) is 0 Å². The first-order valence-electron chi connectivity index (χ1n) is 1.35. The van der Waals surface area contributed by atoms with Crippen molar-refractivity contribution in [3.8, 4) is 0 Å². The van der Waals surface area contributed by atoms with Crippen LogP contribution in [0.2, 0.25) is 0 Å². The van der Waals surface area contributed by atoms with Crippen molar-refractivity contribution in [2.45, 2.75) is 13.8 Å². The van der Waals surface area contributed by atoms with Crippen LogP contribution in [0.3, 0.4) is 0 Å². The van der Waals surface area contributed by atoms with Gasteiger partial charge in [-0.25, -0.2) is 0 Å². The van der Waals surface area contributed by atoms with E-state index in [0.29, 0.717) is 0 Å². The van der Waals surface area contributed by atoms with Crippen LogP contribution in [0, 0.1) is 0 Å². The molecule has 0 aliphatic rings. The molecule has 0 nitrogen and oxygen atoms in total. The fourth-order valence-corrected chi connectivity index (χ4v) is 0. The minimum atomic E-state index is 0. The van der Waals surface area contributed by atoms with Crippen LogP contribution in [0.15, 0.2) is 12.2 Å². The van der Waals surface area contributed by atoms with Gasteiger partial charge in [-0.15, -0.1) is 6.58 Å². The molecule has 0 aliphatic carbocycles. The molecule has 0 fully saturated rings. The van der Waals surface area contributed by atoms with E-state index in [1.54, 1.807) is 0 Å². The summed E-state index contributed by atoms with van der Waals surface area (Å²) in [6, 6.07) is 0. The Morgan fingerprint density at radius 3 is 1.40 bits per heavy atom. The van der Waals surface area contributed by atoms with Crippen LogP contribution in [-0.4, -0.2) is 51.4 Å². The van der Waals surface area contributed by atoms with Gasteiger partial charge < -0.3 is 0 Å². The Morgan fingerprint density at radius 1 is 1.40 bits per heavy atom. The second kappa shape index (κ2) is 5.38. The van der Waals surface area contributed by atoms with Crippen molar-refractivity contribution in [3.05, 3.63) is 12.2 Å². The van der Waals surface area contributed by atoms with Crippen molar-refractivity contribution in [1.82, 2.24) is 0 Å². The average molecular weight is 96.2 g/mol. The van der Waals surface area contributed by atoms with Gasteiger partial charge in [-0.2, -0.15) is 0 Å². The summed E-state index contributed by atoms with van der Waals surface area (Å²) in [6.45, 7) is 7.50. The Balaban J connectivity index is 0. The number of hydrogen-bond acceptors (Lipinski definition) is 0. The first-order chi connectivity index (χ1) is 1.73. The van der Waals surface area contributed by atoms with Gasteiger partial charge in [0.2, 0.25) is 0 Å². The van der Waals surface area contributed by atoms with Gasteiger partial charge in [0.25, 0.3) is 0 Å². The molecule has 0 bridgehead atoms. The van der Waals surface area contributed by atoms with Crippen LogP contribution >= 0.6 is 0 Å². The molecule has 0 aromatic carbocycles. The number of allylic oxidation sites excluding steroid dienone is 1. The summed E-state index contributed by atoms with van der Waals surface area (Å²) >= 11 is 0. The van der Waals surface area contributed by atoms with E-state index in [0.717, 1.165) is 0 Å². The van der Waals surface area contributed by atoms with Crippen LogP contribution in [0.25, 0.3) is 0 Å². The summed E-state index contributed by atoms with van der Waals surface area (Å²) in [5, 5.41) is 0. The molecule has 0 spiro atoms. The first-order valence-corrected chi connectivity index (χ1v) is 1.35. The van der Waals surface area contributed by atoms with E-state index in [-0.39, 0.29) is 51.4 Å². The molecular formula is C4H9K. The maximum absolute atomic E-state index is 3.56. The van der Waals surface area contributed by atoms with E-state index in [1.807, 2.05) is 13.8 Å². The molecule has 0 rings (SSSR count). The predicted molar refractivity (Wildman–Crippen MR) is 27.6 cm³/mol. The third kappa shape index (κ3) is 32.4. The second-order valence-electron chi connectivity index (χ2n) is 1.21. The van der Waals surface area contributed by atoms with Crippen molar-refractivity contribution >= 4 is 51.4 Å². The fraction of sp³-hybridized carbons (Fsp3) is 0.500. The molecule has 0 saturated heterocycles. The molecule has 0 atom stereocenters. The van der Waals surface area contributed by atoms with Crippen LogP contribution in [-0.2, 0) is 0 Å². The second-order valence-corrected chi connectivity index (χ2v) is 1.21. The molecule has 1 heteroatoms. The van der Waals surface area contributed by atoms with Crippen LogP contribution in [0.4, 0.5) is 0 Å². The minimum absolute atomic E-state index is 0. The van der Waals surface area contributed by atoms with Gasteiger partial charge in [0.1, 0.15) is 0 Å². The van der Waals surface area contributed by atoms with E-state index in [1.165, 1.54) is 5.57 Å². The monoisotopic (exact) mass is 96.0 g/mol. The summed E-state index contributed by atoms with van der Waals surface area (Å²) in [7, 11) is 0. The molecule has 26 valence electrons. The summed E-state index contributed by atoms with van der Waals surface area (Å²) in [5.74, 6) is 0. The van der Waals surface area contributed by atoms with E-state index in [2.05, 4.69) is 6.58 Å². The van der Waals surface area contributed by atoms with E-state index in [9.17, 15) is 0 Å². The molecule has 0 unspecified atom stereocenters. The van der Waals surface area contributed by atoms with Gasteiger partial charge in [-0.05, 0) is 13.8 Å². The molecule has 0 amide bonds. The van der Waals surface area contributed by atoms with Crippen molar-refractivity contribution in [2.24, 2.45) is 0 Å². The van der Waals surface area contributed by atoms with Crippen molar-refractivity contribution < 1.29 is 0 Å². The molecule has 5 heavy (non-hydrogen) atoms. The third-order valence-corrected chi connectivity index (χ3v) is 0. The Labute approximate surface area is 76.1 Å². The van der Waals surface area contributed by atoms with Crippen molar-refractivity contribution in [2.75, 3.05) is 0 Å². The Kier molecular flexibility index (Phi) is 10.3. The zero-order valence-electron chi connectivity index (χ0n) is 3.21. The molecule has 0 radical (unpaired) electrons. The third-order valence-electron chi connectivity index (χ3n) is 0. The van der Waals surface area contributed by atoms with Gasteiger partial charge in [-0.3, -0.25) is 0 Å². The topological polar surface area (TPSA) is 0 Å². The van der Waals surface area contributed by atoms with Crippen LogP contribution in [0.1, 0.15) is 13.8 Å². The normalized spacial score (nSPS) is 5.20. The van der Waals surface area contributed by atoms with Gasteiger partial charge in [0.15, 0.2) is 0 Å². The Hall–Kier alpha value is 1.38. The van der Waals surface area contributed by atoms with Crippen LogP contribution < -0.4 is 0 Å². The van der Waals surface area contributed by atoms with E-state index >= 15 is 0 Å². The number of rotatable bonds is 0.